The molecule has 7 nitrogen and oxygen atoms in total. The van der Waals surface area contributed by atoms with E-state index in [1.807, 2.05) is 19.4 Å². The summed E-state index contributed by atoms with van der Waals surface area (Å²) in [7, 11) is 5.30. The number of hydrogen-bond acceptors (Lipinski definition) is 4. The summed E-state index contributed by atoms with van der Waals surface area (Å²) in [5.74, 6) is -0.115. The minimum Gasteiger partial charge on any atom is -0.345 e. The Morgan fingerprint density at radius 3 is 2.56 bits per heavy atom. The van der Waals surface area contributed by atoms with Gasteiger partial charge in [-0.2, -0.15) is 5.10 Å². The molecule has 1 aromatic carbocycles. The Hall–Kier alpha value is -2.67. The molecule has 2 N–H and O–H groups in total. The number of aryl methyl sites for hydroxylation is 1. The van der Waals surface area contributed by atoms with E-state index in [0.717, 1.165) is 12.1 Å². The summed E-state index contributed by atoms with van der Waals surface area (Å²) in [6.07, 6.45) is 3.78. The minimum atomic E-state index is -0.146. The average molecular weight is 341 g/mol. The number of nitrogens with zero attached hydrogens (tertiary/aromatic N) is 3. The van der Waals surface area contributed by atoms with E-state index in [9.17, 15) is 9.59 Å². The van der Waals surface area contributed by atoms with Crippen molar-refractivity contribution in [3.05, 3.63) is 47.8 Å². The lowest BCUT2D eigenvalue weighted by molar-refractivity contribution is -0.119. The maximum atomic E-state index is 12.7. The van der Waals surface area contributed by atoms with Gasteiger partial charge in [0, 0.05) is 57.6 Å². The lowest BCUT2D eigenvalue weighted by Gasteiger charge is -2.17. The molecule has 2 aromatic rings. The van der Waals surface area contributed by atoms with Gasteiger partial charge in [0.2, 0.25) is 5.91 Å². The van der Waals surface area contributed by atoms with Crippen LogP contribution < -0.4 is 10.6 Å². The molecular formula is C18H23N5O2. The Labute approximate surface area is 147 Å². The summed E-state index contributed by atoms with van der Waals surface area (Å²) >= 11 is 0. The molecular weight excluding hydrogens is 318 g/mol. The lowest BCUT2D eigenvalue weighted by Crippen LogP contribution is -2.28. The molecule has 0 unspecified atom stereocenters. The van der Waals surface area contributed by atoms with Crippen LogP contribution in [0.5, 0.6) is 0 Å². The van der Waals surface area contributed by atoms with E-state index in [2.05, 4.69) is 15.7 Å². The molecule has 7 heteroatoms. The minimum absolute atomic E-state index is 0.0226. The van der Waals surface area contributed by atoms with Crippen LogP contribution in [-0.4, -0.2) is 53.7 Å². The molecule has 1 aliphatic rings. The molecule has 2 atom stereocenters. The van der Waals surface area contributed by atoms with Crippen molar-refractivity contribution in [3.8, 4) is 0 Å². The highest BCUT2D eigenvalue weighted by Gasteiger charge is 2.34. The van der Waals surface area contributed by atoms with Gasteiger partial charge in [0.05, 0.1) is 12.1 Å². The van der Waals surface area contributed by atoms with Crippen molar-refractivity contribution in [2.45, 2.75) is 5.92 Å². The highest BCUT2D eigenvalue weighted by atomic mass is 16.2. The van der Waals surface area contributed by atoms with Gasteiger partial charge in [-0.15, -0.1) is 0 Å². The third kappa shape index (κ3) is 3.71. The molecule has 2 amide bonds. The Balaban J connectivity index is 1.68. The predicted molar refractivity (Wildman–Crippen MR) is 95.4 cm³/mol. The fourth-order valence-electron chi connectivity index (χ4n) is 3.13. The van der Waals surface area contributed by atoms with Crippen LogP contribution in [0.4, 0.5) is 5.69 Å². The standard InChI is InChI=1S/C18H23N5O2/c1-22(2)18(25)12-4-6-14(7-5-12)21-17(24)16-10-19-9-15(16)13-8-20-23(3)11-13/h4-8,11,15-16,19H,9-10H2,1-3H3,(H,21,24)/t15-,16+/m1/s1. The number of benzene rings is 1. The Morgan fingerprint density at radius 1 is 1.24 bits per heavy atom. The van der Waals surface area contributed by atoms with E-state index in [1.165, 1.54) is 4.90 Å². The monoisotopic (exact) mass is 341 g/mol. The predicted octanol–water partition coefficient (Wildman–Crippen LogP) is 1.06. The lowest BCUT2D eigenvalue weighted by atomic mass is 9.90. The number of nitrogens with one attached hydrogen (secondary N) is 2. The third-order valence-electron chi connectivity index (χ3n) is 4.51. The van der Waals surface area contributed by atoms with E-state index in [0.29, 0.717) is 17.8 Å². The van der Waals surface area contributed by atoms with Crippen LogP contribution in [0.25, 0.3) is 0 Å². The SMILES string of the molecule is CN(C)C(=O)c1ccc(NC(=O)[C@H]2CNC[C@@H]2c2cnn(C)c2)cc1. The Morgan fingerprint density at radius 2 is 1.96 bits per heavy atom. The molecule has 0 aliphatic carbocycles. The van der Waals surface area contributed by atoms with Gasteiger partial charge in [0.15, 0.2) is 0 Å². The number of amides is 2. The van der Waals surface area contributed by atoms with E-state index >= 15 is 0 Å². The summed E-state index contributed by atoms with van der Waals surface area (Å²) in [6, 6.07) is 6.97. The molecule has 25 heavy (non-hydrogen) atoms. The zero-order valence-electron chi connectivity index (χ0n) is 14.7. The van der Waals surface area contributed by atoms with Crippen LogP contribution in [0.15, 0.2) is 36.7 Å². The van der Waals surface area contributed by atoms with Crippen molar-refractivity contribution >= 4 is 17.5 Å². The van der Waals surface area contributed by atoms with Crippen molar-refractivity contribution in [1.29, 1.82) is 0 Å². The number of rotatable bonds is 4. The van der Waals surface area contributed by atoms with Gasteiger partial charge in [-0.3, -0.25) is 14.3 Å². The number of carbonyl (C=O) groups excluding carboxylic acids is 2. The summed E-state index contributed by atoms with van der Waals surface area (Å²) in [6.45, 7) is 1.41. The quantitative estimate of drug-likeness (QED) is 0.872. The summed E-state index contributed by atoms with van der Waals surface area (Å²) < 4.78 is 1.75. The molecule has 1 saturated heterocycles. The van der Waals surface area contributed by atoms with Gasteiger partial charge in [-0.25, -0.2) is 0 Å². The molecule has 1 aromatic heterocycles. The highest BCUT2D eigenvalue weighted by molar-refractivity contribution is 5.96. The molecule has 2 heterocycles. The van der Waals surface area contributed by atoms with Gasteiger partial charge >= 0.3 is 0 Å². The smallest absolute Gasteiger partial charge is 0.253 e. The van der Waals surface area contributed by atoms with Crippen molar-refractivity contribution in [2.24, 2.45) is 13.0 Å². The second-order valence-electron chi connectivity index (χ2n) is 6.58. The van der Waals surface area contributed by atoms with Crippen molar-refractivity contribution in [2.75, 3.05) is 32.5 Å². The normalized spacial score (nSPS) is 19.6. The van der Waals surface area contributed by atoms with Gasteiger partial charge in [-0.05, 0) is 29.8 Å². The third-order valence-corrected chi connectivity index (χ3v) is 4.51. The van der Waals surface area contributed by atoms with E-state index in [-0.39, 0.29) is 23.7 Å². The first-order valence-electron chi connectivity index (χ1n) is 8.27. The molecule has 132 valence electrons. The fraction of sp³-hybridized carbons (Fsp3) is 0.389. The Bertz CT molecular complexity index is 766. The summed E-state index contributed by atoms with van der Waals surface area (Å²) in [5, 5.41) is 10.4. The number of carbonyl (C=O) groups is 2. The van der Waals surface area contributed by atoms with Gasteiger partial charge in [-0.1, -0.05) is 0 Å². The van der Waals surface area contributed by atoms with Crippen LogP contribution in [0.3, 0.4) is 0 Å². The topological polar surface area (TPSA) is 79.3 Å². The average Bonchev–Trinajstić information content (AvgIpc) is 3.23. The number of aromatic nitrogens is 2. The van der Waals surface area contributed by atoms with Crippen LogP contribution in [0.2, 0.25) is 0 Å². The molecule has 0 saturated carbocycles. The molecule has 0 spiro atoms. The number of anilines is 1. The summed E-state index contributed by atoms with van der Waals surface area (Å²) in [4.78, 5) is 26.1. The Kier molecular flexibility index (Phi) is 4.85. The van der Waals surface area contributed by atoms with E-state index < -0.39 is 0 Å². The van der Waals surface area contributed by atoms with Gasteiger partial charge < -0.3 is 15.5 Å². The molecule has 1 aliphatic heterocycles. The first-order valence-corrected chi connectivity index (χ1v) is 8.27. The molecule has 3 rings (SSSR count). The largest absolute Gasteiger partial charge is 0.345 e. The van der Waals surface area contributed by atoms with Crippen molar-refractivity contribution in [3.63, 3.8) is 0 Å². The maximum absolute atomic E-state index is 12.7. The molecule has 1 fully saturated rings. The highest BCUT2D eigenvalue weighted by Crippen LogP contribution is 2.28. The van der Waals surface area contributed by atoms with Gasteiger partial charge in [0.1, 0.15) is 0 Å². The number of hydrogen-bond donors (Lipinski definition) is 2. The maximum Gasteiger partial charge on any atom is 0.253 e. The second-order valence-corrected chi connectivity index (χ2v) is 6.58. The zero-order chi connectivity index (χ0) is 18.0. The van der Waals surface area contributed by atoms with Crippen molar-refractivity contribution in [1.82, 2.24) is 20.0 Å². The van der Waals surface area contributed by atoms with Crippen LogP contribution in [0, 0.1) is 5.92 Å². The first-order chi connectivity index (χ1) is 12.0. The zero-order valence-corrected chi connectivity index (χ0v) is 14.7. The van der Waals surface area contributed by atoms with Gasteiger partial charge in [0.25, 0.3) is 5.91 Å². The van der Waals surface area contributed by atoms with Crippen LogP contribution >= 0.6 is 0 Å². The first kappa shape index (κ1) is 17.2. The van der Waals surface area contributed by atoms with Crippen LogP contribution in [-0.2, 0) is 11.8 Å². The van der Waals surface area contributed by atoms with E-state index in [4.69, 9.17) is 0 Å². The fourth-order valence-corrected chi connectivity index (χ4v) is 3.13. The molecule has 0 radical (unpaired) electrons. The van der Waals surface area contributed by atoms with E-state index in [1.54, 1.807) is 43.0 Å². The van der Waals surface area contributed by atoms with Crippen LogP contribution in [0.1, 0.15) is 21.8 Å². The summed E-state index contributed by atoms with van der Waals surface area (Å²) in [5.41, 5.74) is 2.36. The second kappa shape index (κ2) is 7.06. The molecule has 0 bridgehead atoms. The van der Waals surface area contributed by atoms with Crippen molar-refractivity contribution < 1.29 is 9.59 Å².